The summed E-state index contributed by atoms with van der Waals surface area (Å²) >= 11 is 0. The van der Waals surface area contributed by atoms with E-state index in [0.29, 0.717) is 5.92 Å². The predicted molar refractivity (Wildman–Crippen MR) is 53.4 cm³/mol. The molecule has 1 unspecified atom stereocenters. The minimum Gasteiger partial charge on any atom is -0.396 e. The van der Waals surface area contributed by atoms with Crippen molar-refractivity contribution in [3.63, 3.8) is 0 Å². The maximum Gasteiger partial charge on any atom is 0.0620 e. The molecule has 0 amide bonds. The van der Waals surface area contributed by atoms with Gasteiger partial charge in [0.15, 0.2) is 0 Å². The van der Waals surface area contributed by atoms with Gasteiger partial charge in [0.25, 0.3) is 0 Å². The number of aliphatic hydroxyl groups excluding tert-OH is 2. The molecule has 1 atom stereocenters. The Balaban J connectivity index is 2.54. The summed E-state index contributed by atoms with van der Waals surface area (Å²) in [7, 11) is 0. The van der Waals surface area contributed by atoms with Crippen molar-refractivity contribution in [3.8, 4) is 0 Å². The van der Waals surface area contributed by atoms with E-state index in [-0.39, 0.29) is 18.1 Å². The number of hydrogen-bond donors (Lipinski definition) is 2. The van der Waals surface area contributed by atoms with Gasteiger partial charge in [0, 0.05) is 5.41 Å². The van der Waals surface area contributed by atoms with E-state index >= 15 is 0 Å². The summed E-state index contributed by atoms with van der Waals surface area (Å²) in [6.45, 7) is 4.38. The predicted octanol–water partition coefficient (Wildman–Crippen LogP) is 1.95. The fourth-order valence-corrected chi connectivity index (χ4v) is 2.37. The molecule has 0 aliphatic heterocycles. The number of hydrogen-bond acceptors (Lipinski definition) is 2. The molecule has 13 heavy (non-hydrogen) atoms. The molecule has 2 heteroatoms. The third kappa shape index (κ3) is 2.44. The van der Waals surface area contributed by atoms with Crippen molar-refractivity contribution >= 4 is 0 Å². The van der Waals surface area contributed by atoms with Crippen LogP contribution in [0.5, 0.6) is 0 Å². The van der Waals surface area contributed by atoms with E-state index in [9.17, 15) is 10.2 Å². The van der Waals surface area contributed by atoms with Gasteiger partial charge in [-0.15, -0.1) is 0 Å². The van der Waals surface area contributed by atoms with Crippen LogP contribution >= 0.6 is 0 Å². The Morgan fingerprint density at radius 2 is 1.77 bits per heavy atom. The molecule has 0 bridgehead atoms. The summed E-state index contributed by atoms with van der Waals surface area (Å²) in [5.74, 6) is 0.513. The van der Waals surface area contributed by atoms with Crippen molar-refractivity contribution in [2.24, 2.45) is 11.3 Å². The molecule has 1 aliphatic carbocycles. The molecule has 0 saturated heterocycles. The van der Waals surface area contributed by atoms with Gasteiger partial charge in [0.2, 0.25) is 0 Å². The average Bonchev–Trinajstić information content (AvgIpc) is 2.51. The lowest BCUT2D eigenvalue weighted by atomic mass is 9.78. The van der Waals surface area contributed by atoms with Crippen molar-refractivity contribution in [1.29, 1.82) is 0 Å². The van der Waals surface area contributed by atoms with Crippen molar-refractivity contribution in [3.05, 3.63) is 0 Å². The largest absolute Gasteiger partial charge is 0.396 e. The second-order valence-corrected chi connectivity index (χ2v) is 4.87. The van der Waals surface area contributed by atoms with Gasteiger partial charge in [-0.05, 0) is 25.2 Å². The Kier molecular flexibility index (Phi) is 3.74. The zero-order valence-electron chi connectivity index (χ0n) is 8.79. The highest BCUT2D eigenvalue weighted by molar-refractivity contribution is 4.90. The zero-order valence-corrected chi connectivity index (χ0v) is 8.79. The fourth-order valence-electron chi connectivity index (χ4n) is 2.37. The SMILES string of the molecule is CC(C)CC(O)C1(CO)CCCC1. The van der Waals surface area contributed by atoms with Crippen LogP contribution in [0.1, 0.15) is 46.0 Å². The standard InChI is InChI=1S/C11H22O2/c1-9(2)7-10(13)11(8-12)5-3-4-6-11/h9-10,12-13H,3-8H2,1-2H3. The first-order chi connectivity index (χ1) is 6.10. The molecule has 1 aliphatic rings. The molecule has 0 aromatic carbocycles. The van der Waals surface area contributed by atoms with Crippen LogP contribution in [-0.2, 0) is 0 Å². The maximum atomic E-state index is 10.0. The smallest absolute Gasteiger partial charge is 0.0620 e. The van der Waals surface area contributed by atoms with Crippen LogP contribution in [0, 0.1) is 11.3 Å². The summed E-state index contributed by atoms with van der Waals surface area (Å²) in [5, 5.41) is 19.3. The highest BCUT2D eigenvalue weighted by Crippen LogP contribution is 2.42. The molecule has 2 N–H and O–H groups in total. The molecule has 1 saturated carbocycles. The van der Waals surface area contributed by atoms with Crippen molar-refractivity contribution in [2.75, 3.05) is 6.61 Å². The monoisotopic (exact) mass is 186 g/mol. The molecular formula is C11H22O2. The van der Waals surface area contributed by atoms with Gasteiger partial charge in [-0.1, -0.05) is 26.7 Å². The molecule has 0 radical (unpaired) electrons. The van der Waals surface area contributed by atoms with Crippen LogP contribution in [0.25, 0.3) is 0 Å². The van der Waals surface area contributed by atoms with Crippen molar-refractivity contribution < 1.29 is 10.2 Å². The van der Waals surface area contributed by atoms with Crippen LogP contribution in [-0.4, -0.2) is 22.9 Å². The van der Waals surface area contributed by atoms with Crippen LogP contribution in [0.15, 0.2) is 0 Å². The molecule has 2 nitrogen and oxygen atoms in total. The first-order valence-corrected chi connectivity index (χ1v) is 5.39. The molecule has 0 spiro atoms. The highest BCUT2D eigenvalue weighted by atomic mass is 16.3. The van der Waals surface area contributed by atoms with Gasteiger partial charge < -0.3 is 10.2 Å². The van der Waals surface area contributed by atoms with Crippen molar-refractivity contribution in [1.82, 2.24) is 0 Å². The summed E-state index contributed by atoms with van der Waals surface area (Å²) in [6.07, 6.45) is 4.83. The minimum atomic E-state index is -0.306. The second kappa shape index (κ2) is 4.43. The van der Waals surface area contributed by atoms with E-state index in [4.69, 9.17) is 0 Å². The lowest BCUT2D eigenvalue weighted by Crippen LogP contribution is -2.36. The normalized spacial score (nSPS) is 23.8. The van der Waals surface area contributed by atoms with Crippen LogP contribution in [0.2, 0.25) is 0 Å². The molecule has 0 aromatic heterocycles. The van der Waals surface area contributed by atoms with E-state index in [1.165, 1.54) is 0 Å². The van der Waals surface area contributed by atoms with Crippen LogP contribution in [0.3, 0.4) is 0 Å². The molecular weight excluding hydrogens is 164 g/mol. The van der Waals surface area contributed by atoms with Gasteiger partial charge in [-0.2, -0.15) is 0 Å². The van der Waals surface area contributed by atoms with Crippen LogP contribution < -0.4 is 0 Å². The first-order valence-electron chi connectivity index (χ1n) is 5.39. The molecule has 78 valence electrons. The summed E-state index contributed by atoms with van der Waals surface area (Å²) in [4.78, 5) is 0. The minimum absolute atomic E-state index is 0.154. The lowest BCUT2D eigenvalue weighted by molar-refractivity contribution is -0.0243. The van der Waals surface area contributed by atoms with Gasteiger partial charge in [0.05, 0.1) is 12.7 Å². The first kappa shape index (κ1) is 11.0. The van der Waals surface area contributed by atoms with Gasteiger partial charge in [-0.25, -0.2) is 0 Å². The van der Waals surface area contributed by atoms with E-state index in [0.717, 1.165) is 32.1 Å². The van der Waals surface area contributed by atoms with E-state index in [1.807, 2.05) is 0 Å². The lowest BCUT2D eigenvalue weighted by Gasteiger charge is -2.33. The summed E-state index contributed by atoms with van der Waals surface area (Å²) < 4.78 is 0. The summed E-state index contributed by atoms with van der Waals surface area (Å²) in [6, 6.07) is 0. The van der Waals surface area contributed by atoms with Crippen molar-refractivity contribution in [2.45, 2.75) is 52.1 Å². The van der Waals surface area contributed by atoms with Gasteiger partial charge in [-0.3, -0.25) is 0 Å². The Labute approximate surface area is 81.0 Å². The Bertz CT molecular complexity index is 148. The van der Waals surface area contributed by atoms with E-state index < -0.39 is 0 Å². The van der Waals surface area contributed by atoms with E-state index in [1.54, 1.807) is 0 Å². The van der Waals surface area contributed by atoms with Gasteiger partial charge in [0.1, 0.15) is 0 Å². The Morgan fingerprint density at radius 3 is 2.15 bits per heavy atom. The Hall–Kier alpha value is -0.0800. The molecule has 1 fully saturated rings. The highest BCUT2D eigenvalue weighted by Gasteiger charge is 2.39. The quantitative estimate of drug-likeness (QED) is 0.704. The number of rotatable bonds is 4. The second-order valence-electron chi connectivity index (χ2n) is 4.87. The fraction of sp³-hybridized carbons (Fsp3) is 1.00. The van der Waals surface area contributed by atoms with Crippen LogP contribution in [0.4, 0.5) is 0 Å². The third-order valence-electron chi connectivity index (χ3n) is 3.32. The average molecular weight is 186 g/mol. The topological polar surface area (TPSA) is 40.5 Å². The molecule has 0 heterocycles. The molecule has 0 aromatic rings. The van der Waals surface area contributed by atoms with E-state index in [2.05, 4.69) is 13.8 Å². The number of aliphatic hydroxyl groups is 2. The van der Waals surface area contributed by atoms with Gasteiger partial charge >= 0.3 is 0 Å². The molecule has 1 rings (SSSR count). The Morgan fingerprint density at radius 1 is 1.23 bits per heavy atom. The summed E-state index contributed by atoms with van der Waals surface area (Å²) in [5.41, 5.74) is -0.162. The third-order valence-corrected chi connectivity index (χ3v) is 3.32. The maximum absolute atomic E-state index is 10.0. The zero-order chi connectivity index (χ0) is 9.90.